The van der Waals surface area contributed by atoms with Crippen LogP contribution < -0.4 is 5.32 Å². The minimum absolute atomic E-state index is 0.000133. The van der Waals surface area contributed by atoms with Gasteiger partial charge in [0, 0.05) is 28.7 Å². The lowest BCUT2D eigenvalue weighted by Crippen LogP contribution is -2.39. The van der Waals surface area contributed by atoms with E-state index < -0.39 is 5.41 Å². The second-order valence-electron chi connectivity index (χ2n) is 6.69. The summed E-state index contributed by atoms with van der Waals surface area (Å²) < 4.78 is 0. The van der Waals surface area contributed by atoms with Gasteiger partial charge in [0.25, 0.3) is 0 Å². The number of carbonyl (C=O) groups is 1. The average Bonchev–Trinajstić information content (AvgIpc) is 2.96. The van der Waals surface area contributed by atoms with Crippen molar-refractivity contribution in [3.63, 3.8) is 0 Å². The zero-order chi connectivity index (χ0) is 17.3. The highest BCUT2D eigenvalue weighted by molar-refractivity contribution is 6.31. The van der Waals surface area contributed by atoms with E-state index in [-0.39, 0.29) is 5.91 Å². The number of carbonyl (C=O) groups excluding carboxylic acids is 1. The van der Waals surface area contributed by atoms with Crippen LogP contribution in [0.15, 0.2) is 48.7 Å². The van der Waals surface area contributed by atoms with E-state index in [1.165, 1.54) is 5.56 Å². The first-order valence-corrected chi connectivity index (χ1v) is 8.36. The molecule has 24 heavy (non-hydrogen) atoms. The SMILES string of the molecule is Cc1cccc(CNC(=O)C(C)(C)c2c[nH]c3cc(Cl)ccc23)c1. The summed E-state index contributed by atoms with van der Waals surface area (Å²) >= 11 is 6.04. The van der Waals surface area contributed by atoms with Gasteiger partial charge in [-0.3, -0.25) is 4.79 Å². The highest BCUT2D eigenvalue weighted by Crippen LogP contribution is 2.32. The van der Waals surface area contributed by atoms with Gasteiger partial charge in [0.05, 0.1) is 5.41 Å². The molecular formula is C20H21ClN2O. The fourth-order valence-electron chi connectivity index (χ4n) is 2.96. The second kappa shape index (κ2) is 6.33. The maximum atomic E-state index is 12.8. The van der Waals surface area contributed by atoms with Gasteiger partial charge in [-0.05, 0) is 44.0 Å². The van der Waals surface area contributed by atoms with E-state index >= 15 is 0 Å². The molecule has 1 aromatic heterocycles. The molecule has 3 aromatic rings. The quantitative estimate of drug-likeness (QED) is 0.709. The molecule has 2 aromatic carbocycles. The molecule has 0 unspecified atom stereocenters. The second-order valence-corrected chi connectivity index (χ2v) is 7.13. The molecule has 3 rings (SSSR count). The first kappa shape index (κ1) is 16.6. The molecule has 0 fully saturated rings. The molecule has 0 aliphatic heterocycles. The van der Waals surface area contributed by atoms with Gasteiger partial charge in [0.15, 0.2) is 0 Å². The predicted molar refractivity (Wildman–Crippen MR) is 99.4 cm³/mol. The Morgan fingerprint density at radius 1 is 1.21 bits per heavy atom. The summed E-state index contributed by atoms with van der Waals surface area (Å²) in [6.07, 6.45) is 1.90. The van der Waals surface area contributed by atoms with Crippen LogP contribution in [0.5, 0.6) is 0 Å². The standard InChI is InChI=1S/C20H21ClN2O/c1-13-5-4-6-14(9-13)11-23-19(24)20(2,3)17-12-22-18-10-15(21)7-8-16(17)18/h4-10,12,22H,11H2,1-3H3,(H,23,24). The Morgan fingerprint density at radius 2 is 2.00 bits per heavy atom. The molecule has 1 amide bonds. The highest BCUT2D eigenvalue weighted by Gasteiger charge is 2.32. The Kier molecular flexibility index (Phi) is 4.37. The number of nitrogens with one attached hydrogen (secondary N) is 2. The van der Waals surface area contributed by atoms with Crippen molar-refractivity contribution in [1.82, 2.24) is 10.3 Å². The molecular weight excluding hydrogens is 320 g/mol. The largest absolute Gasteiger partial charge is 0.361 e. The summed E-state index contributed by atoms with van der Waals surface area (Å²) in [4.78, 5) is 16.0. The number of amides is 1. The summed E-state index contributed by atoms with van der Waals surface area (Å²) in [6.45, 7) is 6.45. The predicted octanol–water partition coefficient (Wildman–Crippen LogP) is 4.72. The molecule has 3 nitrogen and oxygen atoms in total. The molecule has 2 N–H and O–H groups in total. The van der Waals surface area contributed by atoms with E-state index in [4.69, 9.17) is 11.6 Å². The highest BCUT2D eigenvalue weighted by atomic mass is 35.5. The zero-order valence-corrected chi connectivity index (χ0v) is 14.9. The fraction of sp³-hybridized carbons (Fsp3) is 0.250. The van der Waals surface area contributed by atoms with Crippen molar-refractivity contribution >= 4 is 28.4 Å². The van der Waals surface area contributed by atoms with Gasteiger partial charge in [-0.2, -0.15) is 0 Å². The lowest BCUT2D eigenvalue weighted by Gasteiger charge is -2.23. The monoisotopic (exact) mass is 340 g/mol. The van der Waals surface area contributed by atoms with Gasteiger partial charge in [0.2, 0.25) is 5.91 Å². The number of rotatable bonds is 4. The fourth-order valence-corrected chi connectivity index (χ4v) is 3.14. The summed E-state index contributed by atoms with van der Waals surface area (Å²) in [6, 6.07) is 13.8. The lowest BCUT2D eigenvalue weighted by molar-refractivity contribution is -0.125. The minimum atomic E-state index is -0.643. The average molecular weight is 341 g/mol. The number of fused-ring (bicyclic) bond motifs is 1. The summed E-state index contributed by atoms with van der Waals surface area (Å²) in [7, 11) is 0. The molecule has 0 radical (unpaired) electrons. The van der Waals surface area contributed by atoms with Crippen LogP contribution >= 0.6 is 11.6 Å². The van der Waals surface area contributed by atoms with Gasteiger partial charge in [0.1, 0.15) is 0 Å². The molecule has 0 aliphatic rings. The third-order valence-electron chi connectivity index (χ3n) is 4.42. The summed E-state index contributed by atoms with van der Waals surface area (Å²) in [5, 5.41) is 4.75. The van der Waals surface area contributed by atoms with Crippen molar-refractivity contribution in [2.45, 2.75) is 32.7 Å². The van der Waals surface area contributed by atoms with Gasteiger partial charge in [-0.15, -0.1) is 0 Å². The van der Waals surface area contributed by atoms with E-state index in [9.17, 15) is 4.79 Å². The topological polar surface area (TPSA) is 44.9 Å². The number of aryl methyl sites for hydroxylation is 1. The molecule has 0 saturated carbocycles. The maximum absolute atomic E-state index is 12.8. The van der Waals surface area contributed by atoms with E-state index in [1.54, 1.807) is 0 Å². The first-order valence-electron chi connectivity index (χ1n) is 7.99. The van der Waals surface area contributed by atoms with Crippen molar-refractivity contribution < 1.29 is 4.79 Å². The number of H-pyrrole nitrogens is 1. The number of benzene rings is 2. The Hall–Kier alpha value is -2.26. The summed E-state index contributed by atoms with van der Waals surface area (Å²) in [5.41, 5.74) is 3.56. The first-order chi connectivity index (χ1) is 11.4. The maximum Gasteiger partial charge on any atom is 0.230 e. The number of hydrogen-bond acceptors (Lipinski definition) is 1. The van der Waals surface area contributed by atoms with Crippen LogP contribution in [0.3, 0.4) is 0 Å². The molecule has 0 saturated heterocycles. The Morgan fingerprint density at radius 3 is 2.75 bits per heavy atom. The Bertz CT molecular complexity index is 896. The third-order valence-corrected chi connectivity index (χ3v) is 4.66. The Labute approximate surface area is 147 Å². The minimum Gasteiger partial charge on any atom is -0.361 e. The van der Waals surface area contributed by atoms with E-state index in [0.717, 1.165) is 22.0 Å². The number of aromatic nitrogens is 1. The van der Waals surface area contributed by atoms with Crippen LogP contribution in [0.2, 0.25) is 5.02 Å². The van der Waals surface area contributed by atoms with Gasteiger partial charge in [-0.1, -0.05) is 47.5 Å². The Balaban J connectivity index is 1.82. The number of halogens is 1. The van der Waals surface area contributed by atoms with Gasteiger partial charge < -0.3 is 10.3 Å². The van der Waals surface area contributed by atoms with E-state index in [2.05, 4.69) is 16.4 Å². The molecule has 4 heteroatoms. The molecule has 0 bridgehead atoms. The summed E-state index contributed by atoms with van der Waals surface area (Å²) in [5.74, 6) is -0.000133. The number of hydrogen-bond donors (Lipinski definition) is 2. The van der Waals surface area contributed by atoms with Crippen LogP contribution in [0.25, 0.3) is 10.9 Å². The van der Waals surface area contributed by atoms with Crippen LogP contribution in [-0.2, 0) is 16.8 Å². The van der Waals surface area contributed by atoms with Crippen molar-refractivity contribution in [1.29, 1.82) is 0 Å². The van der Waals surface area contributed by atoms with Crippen LogP contribution in [0.1, 0.15) is 30.5 Å². The van der Waals surface area contributed by atoms with Crippen molar-refractivity contribution in [3.05, 3.63) is 70.4 Å². The molecule has 0 atom stereocenters. The van der Waals surface area contributed by atoms with Crippen molar-refractivity contribution in [2.75, 3.05) is 0 Å². The van der Waals surface area contributed by atoms with Crippen molar-refractivity contribution in [3.8, 4) is 0 Å². The molecule has 0 aliphatic carbocycles. The lowest BCUT2D eigenvalue weighted by atomic mass is 9.83. The van der Waals surface area contributed by atoms with E-state index in [1.807, 2.05) is 63.4 Å². The third kappa shape index (κ3) is 3.17. The van der Waals surface area contributed by atoms with Gasteiger partial charge >= 0.3 is 0 Å². The van der Waals surface area contributed by atoms with Crippen LogP contribution in [0.4, 0.5) is 0 Å². The smallest absolute Gasteiger partial charge is 0.230 e. The zero-order valence-electron chi connectivity index (χ0n) is 14.1. The molecule has 1 heterocycles. The molecule has 0 spiro atoms. The molecule has 124 valence electrons. The van der Waals surface area contributed by atoms with E-state index in [0.29, 0.717) is 11.6 Å². The normalized spacial score (nSPS) is 11.7. The van der Waals surface area contributed by atoms with Gasteiger partial charge in [-0.25, -0.2) is 0 Å². The number of aromatic amines is 1. The van der Waals surface area contributed by atoms with Crippen LogP contribution in [0, 0.1) is 6.92 Å². The van der Waals surface area contributed by atoms with Crippen LogP contribution in [-0.4, -0.2) is 10.9 Å². The van der Waals surface area contributed by atoms with Crippen molar-refractivity contribution in [2.24, 2.45) is 0 Å².